The smallest absolute Gasteiger partial charge is 0.231 e. The van der Waals surface area contributed by atoms with E-state index >= 15 is 0 Å². The maximum absolute atomic E-state index is 13.1. The maximum Gasteiger partial charge on any atom is 0.231 e. The van der Waals surface area contributed by atoms with Gasteiger partial charge in [-0.1, -0.05) is 0 Å². The zero-order valence-corrected chi connectivity index (χ0v) is 23.5. The van der Waals surface area contributed by atoms with Gasteiger partial charge in [0.05, 0.1) is 26.2 Å². The normalized spacial score (nSPS) is 22.3. The first-order valence-electron chi connectivity index (χ1n) is 14.3. The number of amides is 1. The fourth-order valence-corrected chi connectivity index (χ4v) is 6.33. The van der Waals surface area contributed by atoms with Crippen LogP contribution < -0.4 is 24.6 Å². The fourth-order valence-electron chi connectivity index (χ4n) is 6.33. The van der Waals surface area contributed by atoms with Crippen LogP contribution in [0.15, 0.2) is 36.4 Å². The molecule has 1 N–H and O–H groups in total. The summed E-state index contributed by atoms with van der Waals surface area (Å²) in [6.45, 7) is 10.3. The summed E-state index contributed by atoms with van der Waals surface area (Å²) in [5.41, 5.74) is 4.28. The van der Waals surface area contributed by atoms with Crippen molar-refractivity contribution in [1.29, 1.82) is 0 Å². The Balaban J connectivity index is 1.19. The van der Waals surface area contributed by atoms with Crippen LogP contribution in [0.3, 0.4) is 0 Å². The average Bonchev–Trinajstić information content (AvgIpc) is 2.93. The lowest BCUT2D eigenvalue weighted by molar-refractivity contribution is -0.118. The van der Waals surface area contributed by atoms with Gasteiger partial charge in [-0.3, -0.25) is 9.69 Å². The molecule has 206 valence electrons. The first-order valence-corrected chi connectivity index (χ1v) is 14.3. The van der Waals surface area contributed by atoms with Gasteiger partial charge in [0.15, 0.2) is 11.5 Å². The van der Waals surface area contributed by atoms with Crippen LogP contribution in [-0.2, 0) is 17.8 Å². The number of methoxy groups -OCH3 is 1. The number of hydrogen-bond donors (Lipinski definition) is 1. The second-order valence-electron chi connectivity index (χ2n) is 11.5. The molecule has 7 nitrogen and oxygen atoms in total. The van der Waals surface area contributed by atoms with Crippen molar-refractivity contribution >= 4 is 17.3 Å². The monoisotopic (exact) mass is 520 g/mol. The molecular formula is C31H44N4O3. The molecule has 0 radical (unpaired) electrons. The molecular weight excluding hydrogens is 476 g/mol. The van der Waals surface area contributed by atoms with Crippen LogP contribution in [0.2, 0.25) is 0 Å². The van der Waals surface area contributed by atoms with Gasteiger partial charge in [0.2, 0.25) is 5.91 Å². The van der Waals surface area contributed by atoms with Crippen LogP contribution in [-0.4, -0.2) is 69.8 Å². The predicted molar refractivity (Wildman–Crippen MR) is 154 cm³/mol. The summed E-state index contributed by atoms with van der Waals surface area (Å²) < 4.78 is 11.5. The van der Waals surface area contributed by atoms with Crippen molar-refractivity contribution in [3.05, 3.63) is 47.5 Å². The Kier molecular flexibility index (Phi) is 8.44. The molecule has 0 bridgehead atoms. The van der Waals surface area contributed by atoms with Crippen molar-refractivity contribution in [2.24, 2.45) is 5.92 Å². The Morgan fingerprint density at radius 2 is 1.68 bits per heavy atom. The van der Waals surface area contributed by atoms with Crippen LogP contribution in [0, 0.1) is 5.92 Å². The molecule has 1 saturated heterocycles. The van der Waals surface area contributed by atoms with Gasteiger partial charge in [-0.05, 0) is 93.0 Å². The predicted octanol–water partition coefficient (Wildman–Crippen LogP) is 4.47. The number of rotatable bonds is 8. The average molecular weight is 521 g/mol. The number of carbonyl (C=O) groups excluding carboxylic acids is 1. The Bertz CT molecular complexity index is 1090. The molecule has 2 aromatic carbocycles. The summed E-state index contributed by atoms with van der Waals surface area (Å²) in [5.74, 6) is 2.27. The number of benzene rings is 2. The minimum atomic E-state index is 0.0510. The third kappa shape index (κ3) is 6.10. The van der Waals surface area contributed by atoms with E-state index in [4.69, 9.17) is 9.47 Å². The summed E-state index contributed by atoms with van der Waals surface area (Å²) in [7, 11) is 3.84. The zero-order chi connectivity index (χ0) is 26.6. The molecule has 7 heteroatoms. The maximum atomic E-state index is 13.1. The van der Waals surface area contributed by atoms with Crippen LogP contribution in [0.4, 0.5) is 11.4 Å². The van der Waals surface area contributed by atoms with Gasteiger partial charge in [-0.2, -0.15) is 0 Å². The van der Waals surface area contributed by atoms with Crippen molar-refractivity contribution in [3.8, 4) is 11.5 Å². The first kappa shape index (κ1) is 26.8. The molecule has 1 saturated carbocycles. The second-order valence-corrected chi connectivity index (χ2v) is 11.5. The quantitative estimate of drug-likeness (QED) is 0.554. The van der Waals surface area contributed by atoms with E-state index in [1.165, 1.54) is 44.5 Å². The molecule has 2 heterocycles. The lowest BCUT2D eigenvalue weighted by atomic mass is 9.84. The van der Waals surface area contributed by atoms with E-state index in [2.05, 4.69) is 46.4 Å². The van der Waals surface area contributed by atoms with Gasteiger partial charge in [-0.15, -0.1) is 0 Å². The molecule has 2 aromatic rings. The molecule has 2 fully saturated rings. The number of piperazine rings is 1. The molecule has 0 atom stereocenters. The standard InChI is InChI=1S/C31H44N4O3/c1-22(2)38-30-18-25-21-35(31(36)19-24(25)17-29(30)37-4)28-11-9-26(10-12-28)33(3)20-23-5-7-27(8-6-23)34-15-13-32-14-16-34/h9-12,17-18,22-23,27,32H,5-8,13-16,19-21H2,1-4H3/t23-,27-. The molecule has 0 spiro atoms. The van der Waals surface area contributed by atoms with Gasteiger partial charge >= 0.3 is 0 Å². The molecule has 2 aliphatic heterocycles. The highest BCUT2D eigenvalue weighted by atomic mass is 16.5. The number of anilines is 2. The van der Waals surface area contributed by atoms with Gasteiger partial charge in [0, 0.05) is 57.2 Å². The van der Waals surface area contributed by atoms with E-state index in [1.54, 1.807) is 7.11 Å². The van der Waals surface area contributed by atoms with Gasteiger partial charge in [0.25, 0.3) is 0 Å². The van der Waals surface area contributed by atoms with E-state index < -0.39 is 0 Å². The van der Waals surface area contributed by atoms with Crippen molar-refractivity contribution in [2.45, 2.75) is 64.6 Å². The summed E-state index contributed by atoms with van der Waals surface area (Å²) in [6.07, 6.45) is 5.69. The Morgan fingerprint density at radius 3 is 2.34 bits per heavy atom. The second kappa shape index (κ2) is 12.0. The number of nitrogens with one attached hydrogen (secondary N) is 1. The van der Waals surface area contributed by atoms with Crippen LogP contribution in [0.1, 0.15) is 50.7 Å². The Labute approximate surface area is 228 Å². The molecule has 0 unspecified atom stereocenters. The largest absolute Gasteiger partial charge is 0.493 e. The highest BCUT2D eigenvalue weighted by Gasteiger charge is 2.28. The summed E-state index contributed by atoms with van der Waals surface area (Å²) in [4.78, 5) is 20.0. The minimum absolute atomic E-state index is 0.0510. The van der Waals surface area contributed by atoms with Crippen LogP contribution in [0.25, 0.3) is 0 Å². The van der Waals surface area contributed by atoms with Crippen molar-refractivity contribution in [3.63, 3.8) is 0 Å². The number of fused-ring (bicyclic) bond motifs is 1. The van der Waals surface area contributed by atoms with E-state index in [9.17, 15) is 4.79 Å². The lowest BCUT2D eigenvalue weighted by Crippen LogP contribution is -2.49. The number of carbonyl (C=O) groups is 1. The third-order valence-electron chi connectivity index (χ3n) is 8.44. The van der Waals surface area contributed by atoms with Crippen molar-refractivity contribution < 1.29 is 14.3 Å². The van der Waals surface area contributed by atoms with Gasteiger partial charge in [0.1, 0.15) is 0 Å². The highest BCUT2D eigenvalue weighted by molar-refractivity contribution is 5.96. The number of hydrogen-bond acceptors (Lipinski definition) is 6. The minimum Gasteiger partial charge on any atom is -0.493 e. The molecule has 1 aliphatic carbocycles. The SMILES string of the molecule is COc1cc2c(cc1OC(C)C)CN(c1ccc(N(C)C[C@H]3CC[C@H](N4CCNCC4)CC3)cc1)C(=O)C2. The topological polar surface area (TPSA) is 57.3 Å². The van der Waals surface area contributed by atoms with Crippen LogP contribution in [0.5, 0.6) is 11.5 Å². The van der Waals surface area contributed by atoms with Gasteiger partial charge in [-0.25, -0.2) is 0 Å². The molecule has 1 amide bonds. The number of ether oxygens (including phenoxy) is 2. The van der Waals surface area contributed by atoms with Crippen LogP contribution >= 0.6 is 0 Å². The Hall–Kier alpha value is -2.77. The Morgan fingerprint density at radius 1 is 1.00 bits per heavy atom. The zero-order valence-electron chi connectivity index (χ0n) is 23.5. The molecule has 3 aliphatic rings. The fraction of sp³-hybridized carbons (Fsp3) is 0.581. The van der Waals surface area contributed by atoms with E-state index in [0.717, 1.165) is 54.2 Å². The number of nitrogens with zero attached hydrogens (tertiary/aromatic N) is 3. The van der Waals surface area contributed by atoms with Crippen molar-refractivity contribution in [2.75, 3.05) is 56.7 Å². The first-order chi connectivity index (χ1) is 18.4. The summed E-state index contributed by atoms with van der Waals surface area (Å²) in [6, 6.07) is 13.3. The van der Waals surface area contributed by atoms with Crippen molar-refractivity contribution in [1.82, 2.24) is 10.2 Å². The van der Waals surface area contributed by atoms with E-state index in [0.29, 0.717) is 18.7 Å². The lowest BCUT2D eigenvalue weighted by Gasteiger charge is -2.40. The highest BCUT2D eigenvalue weighted by Crippen LogP contribution is 2.36. The van der Waals surface area contributed by atoms with E-state index in [-0.39, 0.29) is 12.0 Å². The molecule has 5 rings (SSSR count). The molecule has 38 heavy (non-hydrogen) atoms. The third-order valence-corrected chi connectivity index (χ3v) is 8.44. The van der Waals surface area contributed by atoms with E-state index in [1.807, 2.05) is 30.9 Å². The molecule has 0 aromatic heterocycles. The summed E-state index contributed by atoms with van der Waals surface area (Å²) >= 11 is 0. The summed E-state index contributed by atoms with van der Waals surface area (Å²) in [5, 5.41) is 3.47. The van der Waals surface area contributed by atoms with Gasteiger partial charge < -0.3 is 24.6 Å².